The van der Waals surface area contributed by atoms with E-state index in [1.165, 1.54) is 6.07 Å². The van der Waals surface area contributed by atoms with Gasteiger partial charge in [0.1, 0.15) is 5.82 Å². The van der Waals surface area contributed by atoms with Crippen LogP contribution in [0.4, 0.5) is 4.39 Å². The minimum absolute atomic E-state index is 0.265. The number of nitriles is 1. The Hall–Kier alpha value is -0.960. The molecule has 0 aromatic heterocycles. The van der Waals surface area contributed by atoms with E-state index in [1.54, 1.807) is 19.2 Å². The normalized spacial score (nSPS) is 10.6. The Labute approximate surface area is 115 Å². The van der Waals surface area contributed by atoms with Gasteiger partial charge >= 0.3 is 0 Å². The molecule has 0 atom stereocenters. The van der Waals surface area contributed by atoms with Gasteiger partial charge in [-0.25, -0.2) is 4.39 Å². The average molecular weight is 315 g/mol. The monoisotopic (exact) mass is 314 g/mol. The number of ether oxygens (including phenoxy) is 1. The van der Waals surface area contributed by atoms with Crippen molar-refractivity contribution >= 4 is 15.9 Å². The summed E-state index contributed by atoms with van der Waals surface area (Å²) in [5.74, 6) is -0.265. The first-order valence-corrected chi connectivity index (χ1v) is 6.49. The lowest BCUT2D eigenvalue weighted by Crippen LogP contribution is -2.28. The van der Waals surface area contributed by atoms with Crippen LogP contribution in [0.5, 0.6) is 0 Å². The molecule has 0 aliphatic carbocycles. The fourth-order valence-corrected chi connectivity index (χ4v) is 2.02. The van der Waals surface area contributed by atoms with Gasteiger partial charge in [0, 0.05) is 33.2 Å². The molecule has 0 bridgehead atoms. The van der Waals surface area contributed by atoms with Gasteiger partial charge in [-0.3, -0.25) is 4.90 Å². The standard InChI is InChI=1S/C13H16BrFN2O/c1-18-8-7-17(6-2-5-16)10-11-3-4-13(15)12(14)9-11/h3-4,9H,2,6-8,10H2,1H3. The Morgan fingerprint density at radius 3 is 2.83 bits per heavy atom. The molecule has 0 saturated heterocycles. The second kappa shape index (κ2) is 8.20. The summed E-state index contributed by atoms with van der Waals surface area (Å²) in [5.41, 5.74) is 1.01. The van der Waals surface area contributed by atoms with Crippen molar-refractivity contribution in [1.29, 1.82) is 5.26 Å². The summed E-state index contributed by atoms with van der Waals surface area (Å²) in [6.45, 7) is 2.75. The van der Waals surface area contributed by atoms with Gasteiger partial charge in [0.15, 0.2) is 0 Å². The van der Waals surface area contributed by atoms with E-state index < -0.39 is 0 Å². The Kier molecular flexibility index (Phi) is 6.88. The van der Waals surface area contributed by atoms with E-state index in [2.05, 4.69) is 26.9 Å². The van der Waals surface area contributed by atoms with Crippen molar-refractivity contribution in [1.82, 2.24) is 4.90 Å². The van der Waals surface area contributed by atoms with Gasteiger partial charge in [0.05, 0.1) is 17.1 Å². The molecule has 5 heteroatoms. The molecule has 98 valence electrons. The van der Waals surface area contributed by atoms with Gasteiger partial charge in [0.2, 0.25) is 0 Å². The fourth-order valence-electron chi connectivity index (χ4n) is 1.59. The third kappa shape index (κ3) is 5.13. The molecule has 3 nitrogen and oxygen atoms in total. The smallest absolute Gasteiger partial charge is 0.137 e. The van der Waals surface area contributed by atoms with Crippen molar-refractivity contribution < 1.29 is 9.13 Å². The molecule has 0 spiro atoms. The Morgan fingerprint density at radius 2 is 2.22 bits per heavy atom. The highest BCUT2D eigenvalue weighted by Gasteiger charge is 2.07. The minimum Gasteiger partial charge on any atom is -0.383 e. The Balaban J connectivity index is 2.63. The molecular formula is C13H16BrFN2O. The molecule has 18 heavy (non-hydrogen) atoms. The van der Waals surface area contributed by atoms with Crippen molar-refractivity contribution in [3.05, 3.63) is 34.1 Å². The lowest BCUT2D eigenvalue weighted by Gasteiger charge is -2.20. The topological polar surface area (TPSA) is 36.3 Å². The number of rotatable bonds is 7. The van der Waals surface area contributed by atoms with E-state index in [1.807, 2.05) is 0 Å². The Morgan fingerprint density at radius 1 is 1.44 bits per heavy atom. The zero-order valence-corrected chi connectivity index (χ0v) is 11.9. The van der Waals surface area contributed by atoms with Crippen LogP contribution in [0.25, 0.3) is 0 Å². The molecule has 0 fully saturated rings. The first-order chi connectivity index (χ1) is 8.67. The molecule has 0 heterocycles. The maximum atomic E-state index is 13.1. The van der Waals surface area contributed by atoms with Gasteiger partial charge in [0.25, 0.3) is 0 Å². The van der Waals surface area contributed by atoms with Gasteiger partial charge in [-0.05, 0) is 33.6 Å². The maximum Gasteiger partial charge on any atom is 0.137 e. The summed E-state index contributed by atoms with van der Waals surface area (Å²) in [5, 5.41) is 8.62. The number of methoxy groups -OCH3 is 1. The van der Waals surface area contributed by atoms with Crippen LogP contribution in [0.3, 0.4) is 0 Å². The average Bonchev–Trinajstić information content (AvgIpc) is 2.37. The maximum absolute atomic E-state index is 13.1. The molecule has 0 radical (unpaired) electrons. The van der Waals surface area contributed by atoms with E-state index in [0.717, 1.165) is 12.1 Å². The number of benzene rings is 1. The highest BCUT2D eigenvalue weighted by Crippen LogP contribution is 2.18. The molecule has 0 aliphatic rings. The van der Waals surface area contributed by atoms with Crippen LogP contribution in [0, 0.1) is 17.1 Å². The quantitative estimate of drug-likeness (QED) is 0.776. The van der Waals surface area contributed by atoms with Crippen LogP contribution >= 0.6 is 15.9 Å². The number of hydrogen-bond donors (Lipinski definition) is 0. The summed E-state index contributed by atoms with van der Waals surface area (Å²) in [7, 11) is 1.65. The number of hydrogen-bond acceptors (Lipinski definition) is 3. The van der Waals surface area contributed by atoms with Crippen molar-refractivity contribution in [2.24, 2.45) is 0 Å². The number of halogens is 2. The third-order valence-electron chi connectivity index (χ3n) is 2.54. The van der Waals surface area contributed by atoms with E-state index >= 15 is 0 Å². The molecular weight excluding hydrogens is 299 g/mol. The second-order valence-corrected chi connectivity index (χ2v) is 4.78. The van der Waals surface area contributed by atoms with E-state index in [4.69, 9.17) is 10.00 Å². The summed E-state index contributed by atoms with van der Waals surface area (Å²) in [6.07, 6.45) is 0.478. The summed E-state index contributed by atoms with van der Waals surface area (Å²) in [6, 6.07) is 7.09. The largest absolute Gasteiger partial charge is 0.383 e. The minimum atomic E-state index is -0.265. The van der Waals surface area contributed by atoms with Crippen LogP contribution in [0.15, 0.2) is 22.7 Å². The van der Waals surface area contributed by atoms with Crippen molar-refractivity contribution in [3.63, 3.8) is 0 Å². The molecule has 0 aliphatic heterocycles. The van der Waals surface area contributed by atoms with Crippen LogP contribution in [0.1, 0.15) is 12.0 Å². The van der Waals surface area contributed by atoms with Crippen LogP contribution in [-0.2, 0) is 11.3 Å². The molecule has 0 saturated carbocycles. The van der Waals surface area contributed by atoms with Crippen LogP contribution < -0.4 is 0 Å². The molecule has 0 amide bonds. The lowest BCUT2D eigenvalue weighted by atomic mass is 10.2. The second-order valence-electron chi connectivity index (χ2n) is 3.93. The molecule has 1 aromatic rings. The first kappa shape index (κ1) is 15.1. The number of nitrogens with zero attached hydrogens (tertiary/aromatic N) is 2. The Bertz CT molecular complexity index is 420. The summed E-state index contributed by atoms with van der Waals surface area (Å²) < 4.78 is 18.6. The van der Waals surface area contributed by atoms with E-state index in [9.17, 15) is 4.39 Å². The molecule has 1 rings (SSSR count). The molecule has 0 unspecified atom stereocenters. The van der Waals surface area contributed by atoms with Crippen LogP contribution in [-0.4, -0.2) is 31.7 Å². The van der Waals surface area contributed by atoms with Crippen molar-refractivity contribution in [2.75, 3.05) is 26.8 Å². The lowest BCUT2D eigenvalue weighted by molar-refractivity contribution is 0.145. The summed E-state index contributed by atoms with van der Waals surface area (Å²) in [4.78, 5) is 2.12. The fraction of sp³-hybridized carbons (Fsp3) is 0.462. The first-order valence-electron chi connectivity index (χ1n) is 5.69. The summed E-state index contributed by atoms with van der Waals surface area (Å²) >= 11 is 3.17. The van der Waals surface area contributed by atoms with E-state index in [0.29, 0.717) is 30.6 Å². The van der Waals surface area contributed by atoms with Gasteiger partial charge in [-0.15, -0.1) is 0 Å². The predicted octanol–water partition coefficient (Wildman–Crippen LogP) is 2.95. The van der Waals surface area contributed by atoms with E-state index in [-0.39, 0.29) is 5.82 Å². The zero-order chi connectivity index (χ0) is 13.4. The van der Waals surface area contributed by atoms with Crippen molar-refractivity contribution in [2.45, 2.75) is 13.0 Å². The SMILES string of the molecule is COCCN(CCC#N)Cc1ccc(F)c(Br)c1. The highest BCUT2D eigenvalue weighted by molar-refractivity contribution is 9.10. The molecule has 1 aromatic carbocycles. The van der Waals surface area contributed by atoms with Gasteiger partial charge in [-0.1, -0.05) is 6.07 Å². The van der Waals surface area contributed by atoms with Crippen LogP contribution in [0.2, 0.25) is 0 Å². The van der Waals surface area contributed by atoms with Gasteiger partial charge < -0.3 is 4.74 Å². The highest BCUT2D eigenvalue weighted by atomic mass is 79.9. The van der Waals surface area contributed by atoms with Gasteiger partial charge in [-0.2, -0.15) is 5.26 Å². The van der Waals surface area contributed by atoms with Crippen molar-refractivity contribution in [3.8, 4) is 6.07 Å². The predicted molar refractivity (Wildman–Crippen MR) is 71.5 cm³/mol. The molecule has 0 N–H and O–H groups in total. The zero-order valence-electron chi connectivity index (χ0n) is 10.3. The third-order valence-corrected chi connectivity index (χ3v) is 3.15.